The summed E-state index contributed by atoms with van der Waals surface area (Å²) in [6.07, 6.45) is 6.91. The molecule has 0 bridgehead atoms. The van der Waals surface area contributed by atoms with E-state index in [-0.39, 0.29) is 17.1 Å². The van der Waals surface area contributed by atoms with Crippen molar-refractivity contribution in [3.8, 4) is 16.9 Å². The average Bonchev–Trinajstić information content (AvgIpc) is 3.60. The van der Waals surface area contributed by atoms with Crippen LogP contribution in [0.15, 0.2) is 65.8 Å². The van der Waals surface area contributed by atoms with Gasteiger partial charge < -0.3 is 4.74 Å². The molecule has 1 fully saturated rings. The van der Waals surface area contributed by atoms with Crippen molar-refractivity contribution in [1.29, 1.82) is 0 Å². The molecule has 0 saturated heterocycles. The summed E-state index contributed by atoms with van der Waals surface area (Å²) in [4.78, 5) is 29.8. The van der Waals surface area contributed by atoms with Gasteiger partial charge in [-0.1, -0.05) is 29.8 Å². The number of hydrogen-bond donors (Lipinski definition) is 0. The lowest BCUT2D eigenvalue weighted by molar-refractivity contribution is -0.142. The molecule has 0 atom stereocenters. The lowest BCUT2D eigenvalue weighted by Crippen LogP contribution is -2.21. The Morgan fingerprint density at radius 3 is 2.83 bits per heavy atom. The molecule has 9 heteroatoms. The number of aromatic nitrogens is 4. The van der Waals surface area contributed by atoms with Gasteiger partial charge in [-0.05, 0) is 54.0 Å². The summed E-state index contributed by atoms with van der Waals surface area (Å²) >= 11 is 6.26. The van der Waals surface area contributed by atoms with Gasteiger partial charge >= 0.3 is 5.97 Å². The zero-order valence-corrected chi connectivity index (χ0v) is 20.0. The first-order valence-corrected chi connectivity index (χ1v) is 11.9. The van der Waals surface area contributed by atoms with Crippen molar-refractivity contribution in [3.63, 3.8) is 0 Å². The number of carbonyl (C=O) groups excluding carboxylic acids is 1. The van der Waals surface area contributed by atoms with Gasteiger partial charge in [0.2, 0.25) is 0 Å². The third kappa shape index (κ3) is 3.83. The molecule has 0 unspecified atom stereocenters. The van der Waals surface area contributed by atoms with Gasteiger partial charge in [-0.3, -0.25) is 14.2 Å². The van der Waals surface area contributed by atoms with E-state index in [1.807, 2.05) is 12.1 Å². The van der Waals surface area contributed by atoms with Crippen LogP contribution in [0.2, 0.25) is 5.15 Å². The molecular formula is C27H20ClFN4O3. The molecule has 3 heterocycles. The maximum absolute atomic E-state index is 15.2. The highest BCUT2D eigenvalue weighted by Gasteiger charge is 2.25. The number of benzene rings is 2. The van der Waals surface area contributed by atoms with E-state index < -0.39 is 17.3 Å². The Balaban J connectivity index is 1.59. The summed E-state index contributed by atoms with van der Waals surface area (Å²) in [5.74, 6) is -0.651. The lowest BCUT2D eigenvalue weighted by Gasteiger charge is -2.17. The topological polar surface area (TPSA) is 78.5 Å². The maximum atomic E-state index is 15.2. The minimum atomic E-state index is -0.538. The zero-order chi connectivity index (χ0) is 25.0. The number of nitrogens with zero attached hydrogens (tertiary/aromatic N) is 4. The number of pyridine rings is 1. The van der Waals surface area contributed by atoms with Crippen LogP contribution in [0, 0.1) is 5.82 Å². The Labute approximate surface area is 209 Å². The molecular weight excluding hydrogens is 483 g/mol. The molecule has 2 aromatic carbocycles. The number of fused-ring (bicyclic) bond motifs is 2. The van der Waals surface area contributed by atoms with Crippen LogP contribution in [0.25, 0.3) is 33.2 Å². The van der Waals surface area contributed by atoms with E-state index in [0.29, 0.717) is 39.3 Å². The van der Waals surface area contributed by atoms with Crippen molar-refractivity contribution < 1.29 is 13.9 Å². The van der Waals surface area contributed by atoms with E-state index in [1.165, 1.54) is 17.6 Å². The van der Waals surface area contributed by atoms with Crippen LogP contribution in [0.1, 0.15) is 36.8 Å². The average molecular weight is 503 g/mol. The Bertz CT molecular complexity index is 1740. The quantitative estimate of drug-likeness (QED) is 0.299. The number of hydrogen-bond acceptors (Lipinski definition) is 5. The summed E-state index contributed by atoms with van der Waals surface area (Å²) in [7, 11) is 0. The normalized spacial score (nSPS) is 13.4. The monoisotopic (exact) mass is 502 g/mol. The first-order chi connectivity index (χ1) is 17.4. The molecule has 1 aliphatic rings. The van der Waals surface area contributed by atoms with E-state index in [2.05, 4.69) is 10.1 Å². The molecule has 0 radical (unpaired) electrons. The molecule has 1 saturated carbocycles. The Kier molecular flexibility index (Phi) is 5.34. The summed E-state index contributed by atoms with van der Waals surface area (Å²) < 4.78 is 23.5. The lowest BCUT2D eigenvalue weighted by atomic mass is 10.0. The summed E-state index contributed by atoms with van der Waals surface area (Å²) in [5, 5.41) is 5.05. The second-order valence-corrected chi connectivity index (χ2v) is 9.28. The Morgan fingerprint density at radius 1 is 1.22 bits per heavy atom. The van der Waals surface area contributed by atoms with E-state index in [1.54, 1.807) is 47.4 Å². The molecule has 6 rings (SSSR count). The van der Waals surface area contributed by atoms with Crippen LogP contribution < -0.4 is 5.56 Å². The third-order valence-corrected chi connectivity index (χ3v) is 6.66. The predicted molar refractivity (Wildman–Crippen MR) is 134 cm³/mol. The van der Waals surface area contributed by atoms with Gasteiger partial charge in [0.15, 0.2) is 0 Å². The first kappa shape index (κ1) is 22.4. The predicted octanol–water partition coefficient (Wildman–Crippen LogP) is 5.43. The third-order valence-electron chi connectivity index (χ3n) is 6.47. The van der Waals surface area contributed by atoms with Gasteiger partial charge in [-0.2, -0.15) is 5.10 Å². The largest absolute Gasteiger partial charge is 0.461 e. The summed E-state index contributed by atoms with van der Waals surface area (Å²) in [6.45, 7) is 1.19. The van der Waals surface area contributed by atoms with Gasteiger partial charge in [-0.25, -0.2) is 13.9 Å². The molecule has 0 aliphatic heterocycles. The molecule has 3 aromatic heterocycles. The van der Waals surface area contributed by atoms with Crippen molar-refractivity contribution in [1.82, 2.24) is 19.2 Å². The van der Waals surface area contributed by atoms with Crippen molar-refractivity contribution >= 4 is 33.9 Å². The van der Waals surface area contributed by atoms with Crippen molar-refractivity contribution in [2.24, 2.45) is 0 Å². The van der Waals surface area contributed by atoms with Gasteiger partial charge in [0.1, 0.15) is 17.6 Å². The zero-order valence-electron chi connectivity index (χ0n) is 19.2. The highest BCUT2D eigenvalue weighted by molar-refractivity contribution is 6.29. The molecule has 7 nitrogen and oxygen atoms in total. The van der Waals surface area contributed by atoms with Gasteiger partial charge in [-0.15, -0.1) is 0 Å². The number of halogens is 2. The molecule has 1 aliphatic carbocycles. The van der Waals surface area contributed by atoms with Crippen molar-refractivity contribution in [3.05, 3.63) is 93.5 Å². The fourth-order valence-corrected chi connectivity index (χ4v) is 4.81. The molecule has 0 N–H and O–H groups in total. The maximum Gasteiger partial charge on any atom is 0.302 e. The molecule has 36 heavy (non-hydrogen) atoms. The van der Waals surface area contributed by atoms with Gasteiger partial charge in [0.05, 0.1) is 34.7 Å². The van der Waals surface area contributed by atoms with Crippen molar-refractivity contribution in [2.75, 3.05) is 0 Å². The molecule has 5 aromatic rings. The Hall–Kier alpha value is -4.04. The van der Waals surface area contributed by atoms with E-state index in [9.17, 15) is 9.59 Å². The summed E-state index contributed by atoms with van der Waals surface area (Å²) in [5.41, 5.74) is 3.21. The number of rotatable bonds is 5. The standard InChI is InChI=1S/C27H20ClFN4O3/c1-15(34)36-14-20-19(26-23-7-9-30-33(23)13-24(28)31-26)3-2-4-22(20)32-10-8-17-11-18(16-5-6-16)12-21(29)25(17)27(32)35/h2-4,7-13,16H,5-6,14H2,1H3. The number of esters is 1. The second kappa shape index (κ2) is 8.57. The van der Waals surface area contributed by atoms with Gasteiger partial charge in [0.25, 0.3) is 5.56 Å². The number of ether oxygens (including phenoxy) is 1. The minimum Gasteiger partial charge on any atom is -0.461 e. The number of carbonyl (C=O) groups is 1. The Morgan fingerprint density at radius 2 is 2.06 bits per heavy atom. The highest BCUT2D eigenvalue weighted by atomic mass is 35.5. The fraction of sp³-hybridized carbons (Fsp3) is 0.185. The SMILES string of the molecule is CC(=O)OCc1c(-c2nc(Cl)cn3nccc23)cccc1-n1ccc2cc(C3CC3)cc(F)c2c1=O. The van der Waals surface area contributed by atoms with Crippen molar-refractivity contribution in [2.45, 2.75) is 32.3 Å². The minimum absolute atomic E-state index is 0.0183. The van der Waals surface area contributed by atoms with Crippen LogP contribution in [0.3, 0.4) is 0 Å². The van der Waals surface area contributed by atoms with E-state index >= 15 is 4.39 Å². The van der Waals surface area contributed by atoms with Crippen LogP contribution in [0.5, 0.6) is 0 Å². The van der Waals surface area contributed by atoms with E-state index in [4.69, 9.17) is 16.3 Å². The molecule has 0 spiro atoms. The fourth-order valence-electron chi connectivity index (χ4n) is 4.64. The molecule has 0 amide bonds. The smallest absolute Gasteiger partial charge is 0.302 e. The van der Waals surface area contributed by atoms with Crippen LogP contribution >= 0.6 is 11.6 Å². The second-order valence-electron chi connectivity index (χ2n) is 8.89. The highest BCUT2D eigenvalue weighted by Crippen LogP contribution is 2.41. The first-order valence-electron chi connectivity index (χ1n) is 11.5. The van der Waals surface area contributed by atoms with E-state index in [0.717, 1.165) is 18.4 Å². The van der Waals surface area contributed by atoms with Gasteiger partial charge in [0, 0.05) is 24.2 Å². The summed E-state index contributed by atoms with van der Waals surface area (Å²) in [6, 6.07) is 12.2. The molecule has 180 valence electrons. The van der Waals surface area contributed by atoms with Crippen LogP contribution in [0.4, 0.5) is 4.39 Å². The van der Waals surface area contributed by atoms with Crippen LogP contribution in [-0.4, -0.2) is 25.1 Å². The van der Waals surface area contributed by atoms with Crippen LogP contribution in [-0.2, 0) is 16.1 Å².